The van der Waals surface area contributed by atoms with Crippen molar-refractivity contribution in [2.75, 3.05) is 5.73 Å². The van der Waals surface area contributed by atoms with Gasteiger partial charge in [-0.15, -0.1) is 0 Å². The predicted octanol–water partition coefficient (Wildman–Crippen LogP) is 3.87. The van der Waals surface area contributed by atoms with Gasteiger partial charge in [-0.05, 0) is 50.1 Å². The van der Waals surface area contributed by atoms with E-state index in [0.29, 0.717) is 18.4 Å². The number of nitrogens with two attached hydrogens (primary N) is 1. The highest BCUT2D eigenvalue weighted by atomic mass is 16.5. The normalized spacial score (nSPS) is 10.6. The highest BCUT2D eigenvalue weighted by Gasteiger charge is 2.08. The molecule has 3 nitrogen and oxygen atoms in total. The van der Waals surface area contributed by atoms with Gasteiger partial charge >= 0.3 is 0 Å². The molecule has 0 unspecified atom stereocenters. The summed E-state index contributed by atoms with van der Waals surface area (Å²) in [7, 11) is 0. The van der Waals surface area contributed by atoms with Crippen molar-refractivity contribution < 1.29 is 9.53 Å². The lowest BCUT2D eigenvalue weighted by atomic mass is 10.0. The first kappa shape index (κ1) is 15.1. The molecule has 0 amide bonds. The molecule has 110 valence electrons. The Bertz CT molecular complexity index is 620. The monoisotopic (exact) mass is 283 g/mol. The van der Waals surface area contributed by atoms with Gasteiger partial charge in [-0.2, -0.15) is 0 Å². The molecule has 21 heavy (non-hydrogen) atoms. The SMILES string of the molecule is CC(C)Oc1cccc(C(=O)CCc2cccc(N)c2)c1. The van der Waals surface area contributed by atoms with Crippen molar-refractivity contribution in [2.45, 2.75) is 32.8 Å². The number of ether oxygens (including phenoxy) is 1. The van der Waals surface area contributed by atoms with Crippen LogP contribution in [0.3, 0.4) is 0 Å². The maximum atomic E-state index is 12.3. The third-order valence-corrected chi connectivity index (χ3v) is 3.12. The molecule has 2 N–H and O–H groups in total. The summed E-state index contributed by atoms with van der Waals surface area (Å²) in [6.07, 6.45) is 1.26. The zero-order valence-corrected chi connectivity index (χ0v) is 12.5. The molecule has 0 saturated heterocycles. The molecule has 0 aliphatic carbocycles. The summed E-state index contributed by atoms with van der Waals surface area (Å²) < 4.78 is 5.61. The van der Waals surface area contributed by atoms with Gasteiger partial charge in [0.2, 0.25) is 0 Å². The van der Waals surface area contributed by atoms with Crippen molar-refractivity contribution in [3.05, 3.63) is 59.7 Å². The standard InChI is InChI=1S/C18H21NO2/c1-13(2)21-17-8-4-6-15(12-17)18(20)10-9-14-5-3-7-16(19)11-14/h3-8,11-13H,9-10,19H2,1-2H3. The van der Waals surface area contributed by atoms with E-state index < -0.39 is 0 Å². The minimum atomic E-state index is 0.0997. The van der Waals surface area contributed by atoms with Crippen LogP contribution in [-0.2, 0) is 6.42 Å². The molecule has 0 heterocycles. The van der Waals surface area contributed by atoms with Gasteiger partial charge in [0.15, 0.2) is 5.78 Å². The smallest absolute Gasteiger partial charge is 0.163 e. The molecule has 0 aliphatic rings. The van der Waals surface area contributed by atoms with Crippen LogP contribution in [0.2, 0.25) is 0 Å². The molecule has 0 bridgehead atoms. The van der Waals surface area contributed by atoms with Gasteiger partial charge in [0.05, 0.1) is 6.10 Å². The van der Waals surface area contributed by atoms with Gasteiger partial charge < -0.3 is 10.5 Å². The lowest BCUT2D eigenvalue weighted by molar-refractivity contribution is 0.0982. The van der Waals surface area contributed by atoms with E-state index in [-0.39, 0.29) is 11.9 Å². The highest BCUT2D eigenvalue weighted by molar-refractivity contribution is 5.96. The zero-order valence-electron chi connectivity index (χ0n) is 12.5. The summed E-state index contributed by atoms with van der Waals surface area (Å²) in [5, 5.41) is 0. The number of anilines is 1. The van der Waals surface area contributed by atoms with Crippen LogP contribution in [0.1, 0.15) is 36.2 Å². The number of hydrogen-bond donors (Lipinski definition) is 1. The second kappa shape index (κ2) is 6.93. The minimum Gasteiger partial charge on any atom is -0.491 e. The summed E-state index contributed by atoms with van der Waals surface area (Å²) >= 11 is 0. The van der Waals surface area contributed by atoms with Crippen LogP contribution in [0, 0.1) is 0 Å². The Labute approximate surface area is 125 Å². The van der Waals surface area contributed by atoms with Crippen molar-refractivity contribution in [1.29, 1.82) is 0 Å². The van der Waals surface area contributed by atoms with E-state index in [2.05, 4.69) is 0 Å². The van der Waals surface area contributed by atoms with Crippen molar-refractivity contribution in [1.82, 2.24) is 0 Å². The van der Waals surface area contributed by atoms with E-state index in [0.717, 1.165) is 17.0 Å². The van der Waals surface area contributed by atoms with Crippen molar-refractivity contribution >= 4 is 11.5 Å². The Morgan fingerprint density at radius 3 is 2.62 bits per heavy atom. The molecule has 2 rings (SSSR count). The second-order valence-electron chi connectivity index (χ2n) is 5.36. The number of aryl methyl sites for hydroxylation is 1. The molecule has 3 heteroatoms. The lowest BCUT2D eigenvalue weighted by Gasteiger charge is -2.10. The molecule has 0 aromatic heterocycles. The topological polar surface area (TPSA) is 52.3 Å². The van der Waals surface area contributed by atoms with Gasteiger partial charge in [0.25, 0.3) is 0 Å². The van der Waals surface area contributed by atoms with E-state index >= 15 is 0 Å². The lowest BCUT2D eigenvalue weighted by Crippen LogP contribution is -2.07. The molecular formula is C18H21NO2. The first-order chi connectivity index (χ1) is 10.0. The van der Waals surface area contributed by atoms with Crippen molar-refractivity contribution in [3.8, 4) is 5.75 Å². The fourth-order valence-electron chi connectivity index (χ4n) is 2.17. The molecule has 0 aliphatic heterocycles. The van der Waals surface area contributed by atoms with Crippen LogP contribution in [0.4, 0.5) is 5.69 Å². The minimum absolute atomic E-state index is 0.0997. The Morgan fingerprint density at radius 1 is 1.14 bits per heavy atom. The number of carbonyl (C=O) groups is 1. The van der Waals surface area contributed by atoms with Gasteiger partial charge in [0, 0.05) is 17.7 Å². The first-order valence-electron chi connectivity index (χ1n) is 7.19. The molecule has 0 saturated carbocycles. The number of ketones is 1. The zero-order chi connectivity index (χ0) is 15.2. The van der Waals surface area contributed by atoms with Gasteiger partial charge in [-0.25, -0.2) is 0 Å². The van der Waals surface area contributed by atoms with E-state index in [1.165, 1.54) is 0 Å². The number of rotatable bonds is 6. The Morgan fingerprint density at radius 2 is 1.90 bits per heavy atom. The Hall–Kier alpha value is -2.29. The molecule has 0 fully saturated rings. The van der Waals surface area contributed by atoms with Gasteiger partial charge in [0.1, 0.15) is 5.75 Å². The third-order valence-electron chi connectivity index (χ3n) is 3.12. The van der Waals surface area contributed by atoms with Crippen LogP contribution in [0.25, 0.3) is 0 Å². The van der Waals surface area contributed by atoms with E-state index in [1.54, 1.807) is 0 Å². The number of hydrogen-bond acceptors (Lipinski definition) is 3. The third kappa shape index (κ3) is 4.63. The summed E-state index contributed by atoms with van der Waals surface area (Å²) in [5.41, 5.74) is 8.24. The van der Waals surface area contributed by atoms with Crippen LogP contribution < -0.4 is 10.5 Å². The largest absolute Gasteiger partial charge is 0.491 e. The molecule has 0 atom stereocenters. The molecule has 0 spiro atoms. The predicted molar refractivity (Wildman–Crippen MR) is 85.7 cm³/mol. The number of nitrogen functional groups attached to an aromatic ring is 1. The summed E-state index contributed by atoms with van der Waals surface area (Å²) in [5.74, 6) is 0.853. The molecular weight excluding hydrogens is 262 g/mol. The molecule has 2 aromatic rings. The molecule has 2 aromatic carbocycles. The first-order valence-corrected chi connectivity index (χ1v) is 7.19. The van der Waals surface area contributed by atoms with Crippen molar-refractivity contribution in [3.63, 3.8) is 0 Å². The number of benzene rings is 2. The number of Topliss-reactive ketones (excluding diaryl/α,β-unsaturated/α-hetero) is 1. The van der Waals surface area contributed by atoms with Crippen molar-refractivity contribution in [2.24, 2.45) is 0 Å². The fraction of sp³-hybridized carbons (Fsp3) is 0.278. The van der Waals surface area contributed by atoms with E-state index in [9.17, 15) is 4.79 Å². The Kier molecular flexibility index (Phi) is 4.99. The van der Waals surface area contributed by atoms with Crippen LogP contribution in [0.5, 0.6) is 5.75 Å². The summed E-state index contributed by atoms with van der Waals surface area (Å²) in [4.78, 5) is 12.3. The quantitative estimate of drug-likeness (QED) is 0.646. The number of carbonyl (C=O) groups excluding carboxylic acids is 1. The highest BCUT2D eigenvalue weighted by Crippen LogP contribution is 2.17. The fourth-order valence-corrected chi connectivity index (χ4v) is 2.17. The summed E-state index contributed by atoms with van der Waals surface area (Å²) in [6.45, 7) is 3.93. The van der Waals surface area contributed by atoms with E-state index in [1.807, 2.05) is 62.4 Å². The van der Waals surface area contributed by atoms with Crippen LogP contribution >= 0.6 is 0 Å². The van der Waals surface area contributed by atoms with Gasteiger partial charge in [-0.3, -0.25) is 4.79 Å². The van der Waals surface area contributed by atoms with Crippen LogP contribution in [0.15, 0.2) is 48.5 Å². The maximum Gasteiger partial charge on any atom is 0.163 e. The molecule has 0 radical (unpaired) electrons. The Balaban J connectivity index is 2.00. The van der Waals surface area contributed by atoms with Crippen LogP contribution in [-0.4, -0.2) is 11.9 Å². The maximum absolute atomic E-state index is 12.3. The second-order valence-corrected chi connectivity index (χ2v) is 5.36. The average Bonchev–Trinajstić information content (AvgIpc) is 2.44. The van der Waals surface area contributed by atoms with E-state index in [4.69, 9.17) is 10.5 Å². The van der Waals surface area contributed by atoms with Gasteiger partial charge in [-0.1, -0.05) is 24.3 Å². The summed E-state index contributed by atoms with van der Waals surface area (Å²) in [6, 6.07) is 15.0. The average molecular weight is 283 g/mol.